The summed E-state index contributed by atoms with van der Waals surface area (Å²) in [5, 5.41) is 0.654. The predicted molar refractivity (Wildman–Crippen MR) is 94.3 cm³/mol. The molecule has 114 valence electrons. The molecule has 1 atom stereocenters. The highest BCUT2D eigenvalue weighted by molar-refractivity contribution is 8.06. The number of methoxy groups -OCH3 is 1. The first-order chi connectivity index (χ1) is 10.3. The zero-order chi connectivity index (χ0) is 14.7. The minimum Gasteiger partial charge on any atom is -0.497 e. The van der Waals surface area contributed by atoms with Crippen LogP contribution in [0.5, 0.6) is 5.75 Å². The lowest BCUT2D eigenvalue weighted by atomic mass is 10.3. The summed E-state index contributed by atoms with van der Waals surface area (Å²) in [6.45, 7) is 1.01. The Morgan fingerprint density at radius 2 is 2.33 bits per heavy atom. The lowest BCUT2D eigenvalue weighted by Gasteiger charge is -2.22. The van der Waals surface area contributed by atoms with Gasteiger partial charge in [-0.15, -0.1) is 11.6 Å². The van der Waals surface area contributed by atoms with Crippen molar-refractivity contribution in [2.75, 3.05) is 30.2 Å². The molecule has 0 N–H and O–H groups in total. The Morgan fingerprint density at radius 1 is 1.43 bits per heavy atom. The average molecular weight is 343 g/mol. The predicted octanol–water partition coefficient (Wildman–Crippen LogP) is 3.67. The lowest BCUT2D eigenvalue weighted by molar-refractivity contribution is 0.415. The number of nitrogens with zero attached hydrogens (tertiary/aromatic N) is 2. The van der Waals surface area contributed by atoms with E-state index in [0.29, 0.717) is 11.1 Å². The van der Waals surface area contributed by atoms with E-state index in [1.807, 2.05) is 12.1 Å². The molecule has 0 radical (unpaired) electrons. The molecule has 1 aliphatic rings. The van der Waals surface area contributed by atoms with Crippen molar-refractivity contribution < 1.29 is 4.74 Å². The van der Waals surface area contributed by atoms with Crippen LogP contribution in [0.15, 0.2) is 18.2 Å². The quantitative estimate of drug-likeness (QED) is 0.775. The molecule has 6 heteroatoms. The average Bonchev–Trinajstić information content (AvgIpc) is 2.86. The molecule has 3 nitrogen and oxygen atoms in total. The molecular weight excluding hydrogens is 324 g/mol. The van der Waals surface area contributed by atoms with Gasteiger partial charge in [0.15, 0.2) is 0 Å². The number of thioether (sulfide) groups is 2. The van der Waals surface area contributed by atoms with Crippen LogP contribution in [0.4, 0.5) is 0 Å². The Kier molecular flexibility index (Phi) is 5.24. The van der Waals surface area contributed by atoms with Gasteiger partial charge >= 0.3 is 0 Å². The summed E-state index contributed by atoms with van der Waals surface area (Å²) in [6.07, 6.45) is 0.809. The van der Waals surface area contributed by atoms with Crippen molar-refractivity contribution in [3.8, 4) is 5.75 Å². The largest absolute Gasteiger partial charge is 0.497 e. The number of fused-ring (bicyclic) bond motifs is 1. The number of halogens is 1. The standard InChI is InChI=1S/C15H19ClN2OS2/c1-19-11-2-3-13-14(8-11)18(15(17-13)4-5-16)9-12-10-20-6-7-21-12/h2-3,8,12H,4-7,9-10H2,1H3. The van der Waals surface area contributed by atoms with Gasteiger partial charge in [-0.1, -0.05) is 0 Å². The molecule has 0 saturated carbocycles. The number of benzene rings is 1. The van der Waals surface area contributed by atoms with E-state index in [-0.39, 0.29) is 0 Å². The van der Waals surface area contributed by atoms with Crippen molar-refractivity contribution in [3.05, 3.63) is 24.0 Å². The Morgan fingerprint density at radius 3 is 3.05 bits per heavy atom. The van der Waals surface area contributed by atoms with E-state index < -0.39 is 0 Å². The maximum Gasteiger partial charge on any atom is 0.121 e. The molecule has 3 rings (SSSR count). The van der Waals surface area contributed by atoms with Gasteiger partial charge in [-0.05, 0) is 12.1 Å². The molecule has 1 saturated heterocycles. The molecule has 2 aromatic rings. The van der Waals surface area contributed by atoms with E-state index in [2.05, 4.69) is 34.2 Å². The number of alkyl halides is 1. The summed E-state index contributed by atoms with van der Waals surface area (Å²) in [7, 11) is 1.70. The number of imidazole rings is 1. The van der Waals surface area contributed by atoms with Crippen LogP contribution >= 0.6 is 35.1 Å². The number of aryl methyl sites for hydroxylation is 1. The fourth-order valence-electron chi connectivity index (χ4n) is 2.60. The number of aromatic nitrogens is 2. The summed E-state index contributed by atoms with van der Waals surface area (Å²) >= 11 is 10.1. The molecule has 1 unspecified atom stereocenters. The number of rotatable bonds is 5. The van der Waals surface area contributed by atoms with Crippen molar-refractivity contribution in [1.29, 1.82) is 0 Å². The van der Waals surface area contributed by atoms with Crippen LogP contribution in [0.1, 0.15) is 5.82 Å². The highest BCUT2D eigenvalue weighted by atomic mass is 35.5. The summed E-state index contributed by atoms with van der Waals surface area (Å²) in [5.74, 6) is 6.31. The van der Waals surface area contributed by atoms with Crippen LogP contribution in [0.2, 0.25) is 0 Å². The van der Waals surface area contributed by atoms with E-state index in [0.717, 1.165) is 35.6 Å². The molecule has 0 bridgehead atoms. The summed E-state index contributed by atoms with van der Waals surface area (Å²) in [6, 6.07) is 6.08. The maximum atomic E-state index is 5.95. The first-order valence-corrected chi connectivity index (χ1v) is 9.84. The van der Waals surface area contributed by atoms with E-state index in [1.54, 1.807) is 7.11 Å². The molecule has 0 aliphatic carbocycles. The second kappa shape index (κ2) is 7.16. The summed E-state index contributed by atoms with van der Waals surface area (Å²) in [5.41, 5.74) is 2.19. The fourth-order valence-corrected chi connectivity index (χ4v) is 5.43. The smallest absolute Gasteiger partial charge is 0.121 e. The van der Waals surface area contributed by atoms with E-state index in [4.69, 9.17) is 21.3 Å². The molecule has 1 aromatic heterocycles. The number of hydrogen-bond donors (Lipinski definition) is 0. The molecule has 1 aliphatic heterocycles. The van der Waals surface area contributed by atoms with Crippen LogP contribution in [0, 0.1) is 0 Å². The SMILES string of the molecule is COc1ccc2nc(CCCl)n(CC3CSCCS3)c2c1. The minimum absolute atomic E-state index is 0.604. The van der Waals surface area contributed by atoms with Gasteiger partial charge in [0.25, 0.3) is 0 Å². The third kappa shape index (κ3) is 3.46. The van der Waals surface area contributed by atoms with Crippen LogP contribution in [-0.4, -0.2) is 45.0 Å². The van der Waals surface area contributed by atoms with Crippen LogP contribution in [0.25, 0.3) is 11.0 Å². The van der Waals surface area contributed by atoms with Crippen molar-refractivity contribution in [2.24, 2.45) is 0 Å². The normalized spacial score (nSPS) is 19.0. The fraction of sp³-hybridized carbons (Fsp3) is 0.533. The molecule has 0 amide bonds. The Labute approximate surface area is 138 Å². The van der Waals surface area contributed by atoms with Crippen molar-refractivity contribution in [3.63, 3.8) is 0 Å². The molecule has 21 heavy (non-hydrogen) atoms. The zero-order valence-corrected chi connectivity index (χ0v) is 14.4. The number of hydrogen-bond acceptors (Lipinski definition) is 4. The third-order valence-corrected chi connectivity index (χ3v) is 6.64. The van der Waals surface area contributed by atoms with Crippen LogP contribution in [-0.2, 0) is 13.0 Å². The lowest BCUT2D eigenvalue weighted by Crippen LogP contribution is -2.21. The van der Waals surface area contributed by atoms with Gasteiger partial charge < -0.3 is 9.30 Å². The first-order valence-electron chi connectivity index (χ1n) is 7.10. The topological polar surface area (TPSA) is 27.1 Å². The third-order valence-electron chi connectivity index (χ3n) is 3.62. The second-order valence-electron chi connectivity index (χ2n) is 5.00. The van der Waals surface area contributed by atoms with Crippen LogP contribution < -0.4 is 4.74 Å². The Hall–Kier alpha value is -0.520. The molecular formula is C15H19ClN2OS2. The molecule has 1 aromatic carbocycles. The van der Waals surface area contributed by atoms with Crippen molar-refractivity contribution >= 4 is 46.2 Å². The van der Waals surface area contributed by atoms with Gasteiger partial charge in [-0.3, -0.25) is 0 Å². The minimum atomic E-state index is 0.604. The second-order valence-corrected chi connectivity index (χ2v) is 7.94. The highest BCUT2D eigenvalue weighted by Crippen LogP contribution is 2.28. The molecule has 2 heterocycles. The van der Waals surface area contributed by atoms with Crippen molar-refractivity contribution in [1.82, 2.24) is 9.55 Å². The van der Waals surface area contributed by atoms with Gasteiger partial charge in [0.05, 0.1) is 18.1 Å². The van der Waals surface area contributed by atoms with Gasteiger partial charge in [0.2, 0.25) is 0 Å². The monoisotopic (exact) mass is 342 g/mol. The number of ether oxygens (including phenoxy) is 1. The van der Waals surface area contributed by atoms with Gasteiger partial charge in [0, 0.05) is 47.4 Å². The zero-order valence-electron chi connectivity index (χ0n) is 12.0. The maximum absolute atomic E-state index is 5.95. The summed E-state index contributed by atoms with van der Waals surface area (Å²) < 4.78 is 7.70. The highest BCUT2D eigenvalue weighted by Gasteiger charge is 2.19. The Balaban J connectivity index is 1.96. The van der Waals surface area contributed by atoms with E-state index in [1.165, 1.54) is 17.3 Å². The van der Waals surface area contributed by atoms with Gasteiger partial charge in [0.1, 0.15) is 11.6 Å². The van der Waals surface area contributed by atoms with Crippen molar-refractivity contribution in [2.45, 2.75) is 18.2 Å². The van der Waals surface area contributed by atoms with E-state index in [9.17, 15) is 0 Å². The summed E-state index contributed by atoms with van der Waals surface area (Å²) in [4.78, 5) is 4.75. The molecule has 0 spiro atoms. The van der Waals surface area contributed by atoms with Gasteiger partial charge in [-0.2, -0.15) is 23.5 Å². The van der Waals surface area contributed by atoms with Crippen LogP contribution in [0.3, 0.4) is 0 Å². The molecule has 1 fully saturated rings. The first kappa shape index (κ1) is 15.4. The van der Waals surface area contributed by atoms with Gasteiger partial charge in [-0.25, -0.2) is 4.98 Å². The Bertz CT molecular complexity index is 611. The van der Waals surface area contributed by atoms with E-state index >= 15 is 0 Å².